The Bertz CT molecular complexity index is 879. The molecule has 0 atom stereocenters. The number of amides is 1. The molecule has 1 aliphatic heterocycles. The van der Waals surface area contributed by atoms with Gasteiger partial charge in [-0.15, -0.1) is 5.10 Å². The summed E-state index contributed by atoms with van der Waals surface area (Å²) in [6, 6.07) is 5.72. The number of benzene rings is 1. The molecular weight excluding hydrogens is 381 g/mol. The SMILES string of the molecule is CCOP(=O)(Cn1cc(CN2C(=O)C(F)(F)c3ccccc32)nn1)OCC. The second kappa shape index (κ2) is 7.46. The molecule has 0 saturated carbocycles. The van der Waals surface area contributed by atoms with Gasteiger partial charge < -0.3 is 13.9 Å². The van der Waals surface area contributed by atoms with Crippen LogP contribution in [-0.4, -0.2) is 34.1 Å². The monoisotopic (exact) mass is 400 g/mol. The van der Waals surface area contributed by atoms with E-state index < -0.39 is 19.4 Å². The molecule has 0 N–H and O–H groups in total. The molecule has 2 aromatic rings. The van der Waals surface area contributed by atoms with Gasteiger partial charge in [0, 0.05) is 0 Å². The summed E-state index contributed by atoms with van der Waals surface area (Å²) in [4.78, 5) is 13.1. The Morgan fingerprint density at radius 2 is 1.85 bits per heavy atom. The van der Waals surface area contributed by atoms with E-state index >= 15 is 0 Å². The molecule has 27 heavy (non-hydrogen) atoms. The van der Waals surface area contributed by atoms with Crippen molar-refractivity contribution in [1.82, 2.24) is 15.0 Å². The highest BCUT2D eigenvalue weighted by molar-refractivity contribution is 7.52. The van der Waals surface area contributed by atoms with Gasteiger partial charge in [-0.05, 0) is 19.9 Å². The average Bonchev–Trinajstić information content (AvgIpc) is 3.12. The van der Waals surface area contributed by atoms with Crippen molar-refractivity contribution >= 4 is 19.2 Å². The zero-order chi connectivity index (χ0) is 19.7. The maximum Gasteiger partial charge on any atom is 0.352 e. The van der Waals surface area contributed by atoms with Gasteiger partial charge in [-0.25, -0.2) is 4.68 Å². The van der Waals surface area contributed by atoms with Crippen LogP contribution in [-0.2, 0) is 37.2 Å². The lowest BCUT2D eigenvalue weighted by Crippen LogP contribution is -2.34. The first-order valence-corrected chi connectivity index (χ1v) is 10.1. The number of carbonyl (C=O) groups excluding carboxylic acids is 1. The quantitative estimate of drug-likeness (QED) is 0.633. The molecule has 0 fully saturated rings. The van der Waals surface area contributed by atoms with E-state index in [-0.39, 0.29) is 43.0 Å². The van der Waals surface area contributed by atoms with Gasteiger partial charge in [-0.1, -0.05) is 23.4 Å². The molecule has 3 rings (SSSR count). The number of aromatic nitrogens is 3. The van der Waals surface area contributed by atoms with Gasteiger partial charge in [0.25, 0.3) is 0 Å². The zero-order valence-electron chi connectivity index (χ0n) is 14.8. The van der Waals surface area contributed by atoms with Crippen LogP contribution in [0.15, 0.2) is 30.5 Å². The first-order chi connectivity index (χ1) is 12.8. The lowest BCUT2D eigenvalue weighted by atomic mass is 10.1. The number of anilines is 1. The van der Waals surface area contributed by atoms with Crippen molar-refractivity contribution in [3.8, 4) is 0 Å². The van der Waals surface area contributed by atoms with E-state index in [0.717, 1.165) is 4.90 Å². The van der Waals surface area contributed by atoms with Crippen LogP contribution in [0.25, 0.3) is 0 Å². The number of nitrogens with zero attached hydrogens (tertiary/aromatic N) is 4. The predicted molar refractivity (Wildman–Crippen MR) is 92.4 cm³/mol. The van der Waals surface area contributed by atoms with Crippen molar-refractivity contribution < 1.29 is 27.2 Å². The Kier molecular flexibility index (Phi) is 5.41. The fourth-order valence-electron chi connectivity index (χ4n) is 2.86. The fourth-order valence-corrected chi connectivity index (χ4v) is 4.38. The van der Waals surface area contributed by atoms with Gasteiger partial charge in [-0.2, -0.15) is 8.78 Å². The molecule has 1 aromatic carbocycles. The van der Waals surface area contributed by atoms with Crippen molar-refractivity contribution in [2.45, 2.75) is 32.6 Å². The lowest BCUT2D eigenvalue weighted by molar-refractivity contribution is -0.141. The molecule has 146 valence electrons. The topological polar surface area (TPSA) is 86.6 Å². The normalized spacial score (nSPS) is 16.0. The maximum atomic E-state index is 14.2. The van der Waals surface area contributed by atoms with E-state index in [9.17, 15) is 18.1 Å². The molecule has 2 heterocycles. The molecule has 8 nitrogen and oxygen atoms in total. The summed E-state index contributed by atoms with van der Waals surface area (Å²) >= 11 is 0. The van der Waals surface area contributed by atoms with E-state index in [1.54, 1.807) is 19.9 Å². The summed E-state index contributed by atoms with van der Waals surface area (Å²) in [5.74, 6) is -4.89. The number of alkyl halides is 2. The molecular formula is C16H19F2N4O4P. The van der Waals surface area contributed by atoms with Crippen LogP contribution in [0.3, 0.4) is 0 Å². The van der Waals surface area contributed by atoms with Gasteiger partial charge in [0.1, 0.15) is 12.0 Å². The summed E-state index contributed by atoms with van der Waals surface area (Å²) in [6.07, 6.45) is 1.26. The smallest absolute Gasteiger partial charge is 0.308 e. The number of halogens is 2. The minimum atomic E-state index is -3.58. The van der Waals surface area contributed by atoms with Crippen LogP contribution in [0, 0.1) is 0 Å². The predicted octanol–water partition coefficient (Wildman–Crippen LogP) is 3.14. The number of fused-ring (bicyclic) bond motifs is 1. The Morgan fingerprint density at radius 1 is 1.19 bits per heavy atom. The molecule has 1 aliphatic rings. The first kappa shape index (κ1) is 19.6. The molecule has 1 amide bonds. The van der Waals surface area contributed by atoms with Crippen LogP contribution >= 0.6 is 7.60 Å². The van der Waals surface area contributed by atoms with Gasteiger partial charge >= 0.3 is 19.4 Å². The standard InChI is InChI=1S/C16H19F2N4O4P/c1-3-25-27(24,26-4-2)11-21-9-12(19-20-21)10-22-14-8-6-5-7-13(14)16(17,18)15(22)23/h5-9H,3-4,10-11H2,1-2H3. The minimum absolute atomic E-state index is 0.136. The molecule has 0 unspecified atom stereocenters. The number of carbonyl (C=O) groups is 1. The summed E-state index contributed by atoms with van der Waals surface area (Å²) in [5, 5.41) is 7.72. The zero-order valence-corrected chi connectivity index (χ0v) is 15.7. The highest BCUT2D eigenvalue weighted by Crippen LogP contribution is 2.49. The minimum Gasteiger partial charge on any atom is -0.308 e. The highest BCUT2D eigenvalue weighted by Gasteiger charge is 2.52. The third-order valence-corrected chi connectivity index (χ3v) is 5.86. The summed E-state index contributed by atoms with van der Waals surface area (Å²) in [5.41, 5.74) is 0.0753. The molecule has 0 spiro atoms. The van der Waals surface area contributed by atoms with E-state index in [2.05, 4.69) is 10.3 Å². The number of hydrogen-bond donors (Lipinski definition) is 0. The van der Waals surface area contributed by atoms with Crippen LogP contribution in [0.5, 0.6) is 0 Å². The van der Waals surface area contributed by atoms with Crippen LogP contribution < -0.4 is 4.90 Å². The molecule has 1 aromatic heterocycles. The number of para-hydroxylation sites is 1. The first-order valence-electron chi connectivity index (χ1n) is 8.37. The van der Waals surface area contributed by atoms with E-state index in [1.165, 1.54) is 29.1 Å². The second-order valence-electron chi connectivity index (χ2n) is 5.82. The molecule has 0 saturated heterocycles. The summed E-state index contributed by atoms with van der Waals surface area (Å²) < 4.78 is 52.5. The van der Waals surface area contributed by atoms with Crippen molar-refractivity contribution in [2.75, 3.05) is 18.1 Å². The number of rotatable bonds is 8. The van der Waals surface area contributed by atoms with Crippen LogP contribution in [0.1, 0.15) is 25.1 Å². The maximum absolute atomic E-state index is 14.2. The van der Waals surface area contributed by atoms with Crippen molar-refractivity contribution in [1.29, 1.82) is 0 Å². The molecule has 0 bridgehead atoms. The Morgan fingerprint density at radius 3 is 2.52 bits per heavy atom. The van der Waals surface area contributed by atoms with E-state index in [4.69, 9.17) is 9.05 Å². The van der Waals surface area contributed by atoms with Crippen molar-refractivity contribution in [2.24, 2.45) is 0 Å². The van der Waals surface area contributed by atoms with Gasteiger partial charge in [0.05, 0.1) is 37.2 Å². The van der Waals surface area contributed by atoms with Gasteiger partial charge in [0.2, 0.25) is 0 Å². The second-order valence-corrected chi connectivity index (χ2v) is 7.84. The van der Waals surface area contributed by atoms with Crippen molar-refractivity contribution in [3.63, 3.8) is 0 Å². The average molecular weight is 400 g/mol. The van der Waals surface area contributed by atoms with Crippen molar-refractivity contribution in [3.05, 3.63) is 41.7 Å². The summed E-state index contributed by atoms with van der Waals surface area (Å²) in [6.45, 7) is 3.60. The van der Waals surface area contributed by atoms with E-state index in [1.807, 2.05) is 0 Å². The fraction of sp³-hybridized carbons (Fsp3) is 0.438. The van der Waals surface area contributed by atoms with Gasteiger partial charge in [0.15, 0.2) is 0 Å². The largest absolute Gasteiger partial charge is 0.352 e. The summed E-state index contributed by atoms with van der Waals surface area (Å²) in [7, 11) is -3.39. The van der Waals surface area contributed by atoms with E-state index in [0.29, 0.717) is 0 Å². The Balaban J connectivity index is 1.79. The molecule has 0 radical (unpaired) electrons. The van der Waals surface area contributed by atoms with Crippen LogP contribution in [0.4, 0.5) is 14.5 Å². The Labute approximate surface area is 154 Å². The lowest BCUT2D eigenvalue weighted by Gasteiger charge is -2.16. The Hall–Kier alpha value is -2.16. The van der Waals surface area contributed by atoms with Gasteiger partial charge in [-0.3, -0.25) is 9.36 Å². The highest BCUT2D eigenvalue weighted by atomic mass is 31.2. The van der Waals surface area contributed by atoms with Crippen LogP contribution in [0.2, 0.25) is 0 Å². The molecule has 0 aliphatic carbocycles. The molecule has 11 heteroatoms. The third-order valence-electron chi connectivity index (χ3n) is 3.92. The third kappa shape index (κ3) is 3.78. The number of hydrogen-bond acceptors (Lipinski definition) is 6.